The number of hydrogen-bond donors (Lipinski definition) is 1. The van der Waals surface area contributed by atoms with Crippen molar-refractivity contribution in [1.29, 1.82) is 0 Å². The van der Waals surface area contributed by atoms with Crippen LogP contribution in [-0.4, -0.2) is 77.5 Å². The second kappa shape index (κ2) is 14.2. The lowest BCUT2D eigenvalue weighted by molar-refractivity contribution is 0.339. The Morgan fingerprint density at radius 2 is 1.82 bits per heavy atom. The fourth-order valence-corrected chi connectivity index (χ4v) is 6.42. The zero-order valence-corrected chi connectivity index (χ0v) is 26.0. The summed E-state index contributed by atoms with van der Waals surface area (Å²) in [4.78, 5) is 23.1. The normalized spacial score (nSPS) is 13.0. The number of aromatic nitrogens is 4. The number of nitrogens with one attached hydrogen (secondary N) is 1. The Morgan fingerprint density at radius 3 is 2.45 bits per heavy atom. The molecule has 0 radical (unpaired) electrons. The Balaban J connectivity index is 2.14. The van der Waals surface area contributed by atoms with Gasteiger partial charge in [-0.1, -0.05) is 46.5 Å². The molecule has 11 heteroatoms. The average Bonchev–Trinajstić information content (AvgIpc) is 3.25. The molecule has 0 amide bonds. The molecule has 40 heavy (non-hydrogen) atoms. The molecular formula is C29H46N6O4S. The molecule has 0 bridgehead atoms. The van der Waals surface area contributed by atoms with Crippen LogP contribution < -0.4 is 10.3 Å². The highest BCUT2D eigenvalue weighted by molar-refractivity contribution is 7.89. The molecule has 3 rings (SSSR count). The van der Waals surface area contributed by atoms with Crippen LogP contribution in [0.15, 0.2) is 27.9 Å². The van der Waals surface area contributed by atoms with Gasteiger partial charge in [0.1, 0.15) is 11.6 Å². The first-order valence-electron chi connectivity index (χ1n) is 14.5. The summed E-state index contributed by atoms with van der Waals surface area (Å²) in [6.07, 6.45) is 6.47. The smallest absolute Gasteiger partial charge is 0.277 e. The summed E-state index contributed by atoms with van der Waals surface area (Å²) in [6, 6.07) is 4.74. The summed E-state index contributed by atoms with van der Waals surface area (Å²) in [5, 5.41) is 4.83. The quantitative estimate of drug-likeness (QED) is 0.244. The SMILES string of the molecule is CCCCCCC(CC)c1nc(C)c2c(=O)[nH]c(-c3cc(S(=O)(=O)N(CC)CCN(C)C)ccc3OCC)nn12. The number of ether oxygens (including phenoxy) is 1. The first-order valence-corrected chi connectivity index (χ1v) is 15.9. The zero-order valence-electron chi connectivity index (χ0n) is 25.2. The number of likely N-dealkylation sites (N-methyl/N-ethyl adjacent to an activating group) is 2. The molecule has 3 aromatic rings. The predicted octanol–water partition coefficient (Wildman–Crippen LogP) is 4.83. The van der Waals surface area contributed by atoms with E-state index in [0.717, 1.165) is 31.5 Å². The van der Waals surface area contributed by atoms with E-state index < -0.39 is 10.0 Å². The molecule has 0 saturated carbocycles. The van der Waals surface area contributed by atoms with E-state index in [4.69, 9.17) is 14.8 Å². The van der Waals surface area contributed by atoms with Gasteiger partial charge in [0.2, 0.25) is 10.0 Å². The first kappa shape index (κ1) is 31.8. The molecule has 2 aromatic heterocycles. The molecule has 1 unspecified atom stereocenters. The number of hydrogen-bond acceptors (Lipinski definition) is 7. The van der Waals surface area contributed by atoms with E-state index in [2.05, 4.69) is 18.8 Å². The molecule has 0 aliphatic heterocycles. The zero-order chi connectivity index (χ0) is 29.4. The molecule has 0 saturated heterocycles. The number of imidazole rings is 1. The number of benzene rings is 1. The molecule has 1 atom stereocenters. The van der Waals surface area contributed by atoms with E-state index in [1.807, 2.05) is 39.8 Å². The molecule has 1 N–H and O–H groups in total. The van der Waals surface area contributed by atoms with E-state index in [1.165, 1.54) is 17.1 Å². The molecule has 0 fully saturated rings. The van der Waals surface area contributed by atoms with Crippen molar-refractivity contribution >= 4 is 15.5 Å². The van der Waals surface area contributed by atoms with Crippen molar-refractivity contribution in [3.05, 3.63) is 40.1 Å². The van der Waals surface area contributed by atoms with Crippen molar-refractivity contribution in [3.8, 4) is 17.1 Å². The van der Waals surface area contributed by atoms with Crippen LogP contribution in [0.25, 0.3) is 16.9 Å². The third-order valence-electron chi connectivity index (χ3n) is 7.26. The lowest BCUT2D eigenvalue weighted by atomic mass is 9.97. The number of aryl methyl sites for hydroxylation is 1. The van der Waals surface area contributed by atoms with Crippen molar-refractivity contribution in [2.75, 3.05) is 40.3 Å². The van der Waals surface area contributed by atoms with Gasteiger partial charge in [0.15, 0.2) is 11.3 Å². The van der Waals surface area contributed by atoms with E-state index in [0.29, 0.717) is 48.8 Å². The topological polar surface area (TPSA) is 113 Å². The molecule has 222 valence electrons. The molecule has 1 aromatic carbocycles. The Hall–Kier alpha value is -2.76. The Labute approximate surface area is 238 Å². The third kappa shape index (κ3) is 7.11. The van der Waals surface area contributed by atoms with Crippen LogP contribution in [0.2, 0.25) is 0 Å². The second-order valence-electron chi connectivity index (χ2n) is 10.5. The summed E-state index contributed by atoms with van der Waals surface area (Å²) < 4.78 is 36.2. The van der Waals surface area contributed by atoms with E-state index in [9.17, 15) is 13.2 Å². The van der Waals surface area contributed by atoms with Crippen molar-refractivity contribution in [2.24, 2.45) is 0 Å². The molecule has 0 aliphatic rings. The maximum absolute atomic E-state index is 13.6. The van der Waals surface area contributed by atoms with Gasteiger partial charge >= 0.3 is 0 Å². The van der Waals surface area contributed by atoms with Crippen molar-refractivity contribution in [1.82, 2.24) is 28.8 Å². The van der Waals surface area contributed by atoms with Crippen LogP contribution in [-0.2, 0) is 10.0 Å². The van der Waals surface area contributed by atoms with Crippen molar-refractivity contribution in [2.45, 2.75) is 84.0 Å². The Morgan fingerprint density at radius 1 is 1.07 bits per heavy atom. The maximum atomic E-state index is 13.6. The standard InChI is InChI=1S/C29H46N6O4S/c1-8-12-13-14-15-22(9-2)28-30-21(5)26-29(36)31-27(32-35(26)28)24-20-23(16-17-25(24)39-11-4)40(37,38)34(10-3)19-18-33(6)7/h16-17,20,22H,8-15,18-19H2,1-7H3,(H,31,32,36). The van der Waals surface area contributed by atoms with Gasteiger partial charge in [0.05, 0.1) is 22.8 Å². The number of nitrogens with zero attached hydrogens (tertiary/aromatic N) is 5. The van der Waals surface area contributed by atoms with Crippen LogP contribution in [0.1, 0.15) is 83.7 Å². The van der Waals surface area contributed by atoms with Crippen LogP contribution in [0.3, 0.4) is 0 Å². The number of unbranched alkanes of at least 4 members (excludes halogenated alkanes) is 3. The minimum Gasteiger partial charge on any atom is -0.493 e. The van der Waals surface area contributed by atoms with Gasteiger partial charge in [0.25, 0.3) is 5.56 Å². The first-order chi connectivity index (χ1) is 19.1. The fraction of sp³-hybridized carbons (Fsp3) is 0.621. The highest BCUT2D eigenvalue weighted by Gasteiger charge is 2.26. The third-order valence-corrected chi connectivity index (χ3v) is 9.23. The number of rotatable bonds is 16. The van der Waals surface area contributed by atoms with E-state index >= 15 is 0 Å². The lowest BCUT2D eigenvalue weighted by Gasteiger charge is -2.23. The van der Waals surface area contributed by atoms with Gasteiger partial charge < -0.3 is 14.6 Å². The van der Waals surface area contributed by atoms with E-state index in [1.54, 1.807) is 22.7 Å². The largest absolute Gasteiger partial charge is 0.493 e. The summed E-state index contributed by atoms with van der Waals surface area (Å²) in [5.41, 5.74) is 1.13. The number of H-pyrrole nitrogens is 1. The minimum atomic E-state index is -3.79. The van der Waals surface area contributed by atoms with Gasteiger partial charge in [-0.15, -0.1) is 5.10 Å². The summed E-state index contributed by atoms with van der Waals surface area (Å²) >= 11 is 0. The van der Waals surface area contributed by atoms with Crippen LogP contribution in [0.4, 0.5) is 0 Å². The van der Waals surface area contributed by atoms with Crippen molar-refractivity contribution < 1.29 is 13.2 Å². The highest BCUT2D eigenvalue weighted by atomic mass is 32.2. The molecule has 10 nitrogen and oxygen atoms in total. The maximum Gasteiger partial charge on any atom is 0.277 e. The number of aromatic amines is 1. The number of fused-ring (bicyclic) bond motifs is 1. The lowest BCUT2D eigenvalue weighted by Crippen LogP contribution is -2.36. The van der Waals surface area contributed by atoms with Crippen LogP contribution in [0.5, 0.6) is 5.75 Å². The predicted molar refractivity (Wildman–Crippen MR) is 160 cm³/mol. The average molecular weight is 575 g/mol. The number of sulfonamides is 1. The molecule has 2 heterocycles. The van der Waals surface area contributed by atoms with Gasteiger partial charge in [-0.2, -0.15) is 4.31 Å². The molecular weight excluding hydrogens is 528 g/mol. The second-order valence-corrected chi connectivity index (χ2v) is 12.4. The van der Waals surface area contributed by atoms with Gasteiger partial charge in [-0.25, -0.2) is 17.9 Å². The monoisotopic (exact) mass is 574 g/mol. The van der Waals surface area contributed by atoms with Gasteiger partial charge in [0, 0.05) is 25.6 Å². The van der Waals surface area contributed by atoms with E-state index in [-0.39, 0.29) is 22.2 Å². The molecule has 0 aliphatic carbocycles. The van der Waals surface area contributed by atoms with Crippen molar-refractivity contribution in [3.63, 3.8) is 0 Å². The Kier molecular flexibility index (Phi) is 11.3. The van der Waals surface area contributed by atoms with Gasteiger partial charge in [-0.3, -0.25) is 4.79 Å². The summed E-state index contributed by atoms with van der Waals surface area (Å²) in [7, 11) is 0.0354. The minimum absolute atomic E-state index is 0.124. The molecule has 0 spiro atoms. The van der Waals surface area contributed by atoms with Crippen LogP contribution >= 0.6 is 0 Å². The highest BCUT2D eigenvalue weighted by Crippen LogP contribution is 2.32. The van der Waals surface area contributed by atoms with Gasteiger partial charge in [-0.05, 0) is 59.0 Å². The summed E-state index contributed by atoms with van der Waals surface area (Å²) in [6.45, 7) is 11.5. The fourth-order valence-electron chi connectivity index (χ4n) is 4.96. The summed E-state index contributed by atoms with van der Waals surface area (Å²) in [5.74, 6) is 1.62. The Bertz CT molecular complexity index is 1430. The van der Waals surface area contributed by atoms with Crippen LogP contribution in [0, 0.1) is 6.92 Å².